The van der Waals surface area contributed by atoms with E-state index in [1.807, 2.05) is 11.8 Å². The van der Waals surface area contributed by atoms with Crippen molar-refractivity contribution in [3.8, 4) is 0 Å². The number of hydrogen-bond donors (Lipinski definition) is 2. The number of likely N-dealkylation sites (tertiary alicyclic amines) is 1. The van der Waals surface area contributed by atoms with Crippen molar-refractivity contribution in [2.45, 2.75) is 37.9 Å². The van der Waals surface area contributed by atoms with Gasteiger partial charge in [-0.15, -0.1) is 24.8 Å². The molecule has 0 aromatic heterocycles. The van der Waals surface area contributed by atoms with Gasteiger partial charge in [0.05, 0.1) is 0 Å². The number of nitrogens with one attached hydrogen (secondary N) is 2. The van der Waals surface area contributed by atoms with Crippen molar-refractivity contribution in [2.75, 3.05) is 31.1 Å². The Morgan fingerprint density at radius 2 is 2.22 bits per heavy atom. The molecule has 1 aromatic carbocycles. The van der Waals surface area contributed by atoms with Crippen LogP contribution in [0.4, 0.5) is 4.39 Å². The molecule has 2 unspecified atom stereocenters. The number of nitrogens with zero attached hydrogens (tertiary/aromatic N) is 1. The normalized spacial score (nSPS) is 23.0. The molecule has 0 bridgehead atoms. The zero-order chi connectivity index (χ0) is 17.6. The summed E-state index contributed by atoms with van der Waals surface area (Å²) in [6.45, 7) is 3.46. The van der Waals surface area contributed by atoms with Gasteiger partial charge in [-0.1, -0.05) is 17.7 Å². The maximum atomic E-state index is 13.2. The van der Waals surface area contributed by atoms with Crippen LogP contribution in [0, 0.1) is 5.82 Å². The fourth-order valence-electron chi connectivity index (χ4n) is 3.47. The van der Waals surface area contributed by atoms with Gasteiger partial charge in [-0.2, -0.15) is 11.8 Å². The van der Waals surface area contributed by atoms with Crippen LogP contribution in [-0.4, -0.2) is 54.0 Å². The molecule has 2 fully saturated rings. The van der Waals surface area contributed by atoms with Crippen LogP contribution >= 0.6 is 48.2 Å². The van der Waals surface area contributed by atoms with Gasteiger partial charge < -0.3 is 10.6 Å². The van der Waals surface area contributed by atoms with Crippen molar-refractivity contribution < 1.29 is 9.18 Å². The lowest BCUT2D eigenvalue weighted by atomic mass is 10.0. The predicted molar refractivity (Wildman–Crippen MR) is 116 cm³/mol. The highest BCUT2D eigenvalue weighted by Crippen LogP contribution is 2.21. The van der Waals surface area contributed by atoms with Crippen molar-refractivity contribution in [3.63, 3.8) is 0 Å². The number of benzene rings is 1. The van der Waals surface area contributed by atoms with Gasteiger partial charge in [-0.3, -0.25) is 9.69 Å². The van der Waals surface area contributed by atoms with Crippen molar-refractivity contribution in [1.29, 1.82) is 0 Å². The summed E-state index contributed by atoms with van der Waals surface area (Å²) in [6, 6.07) is 5.01. The Morgan fingerprint density at radius 1 is 1.41 bits per heavy atom. The smallest absolute Gasteiger partial charge is 0.221 e. The summed E-state index contributed by atoms with van der Waals surface area (Å²) in [5.74, 6) is 1.95. The molecule has 2 aliphatic rings. The van der Waals surface area contributed by atoms with E-state index in [4.69, 9.17) is 11.6 Å². The Bertz CT molecular complexity index is 605. The van der Waals surface area contributed by atoms with E-state index in [-0.39, 0.29) is 48.6 Å². The fraction of sp³-hybridized carbons (Fsp3) is 0.611. The molecule has 2 atom stereocenters. The first-order chi connectivity index (χ1) is 12.1. The van der Waals surface area contributed by atoms with Crippen LogP contribution < -0.4 is 10.6 Å². The average molecular weight is 459 g/mol. The van der Waals surface area contributed by atoms with E-state index in [1.165, 1.54) is 12.1 Å². The molecule has 0 spiro atoms. The number of carbonyl (C=O) groups excluding carboxylic acids is 1. The van der Waals surface area contributed by atoms with Gasteiger partial charge in [-0.05, 0) is 37.1 Å². The molecule has 0 radical (unpaired) electrons. The number of halogens is 4. The SMILES string of the molecule is Cl.Cl.O=C(CC1CSCCN1)NC1CCCN(Cc2ccc(F)cc2Cl)C1. The van der Waals surface area contributed by atoms with Crippen molar-refractivity contribution in [2.24, 2.45) is 0 Å². The van der Waals surface area contributed by atoms with Crippen LogP contribution in [0.3, 0.4) is 0 Å². The number of thioether (sulfide) groups is 1. The van der Waals surface area contributed by atoms with Crippen LogP contribution in [0.15, 0.2) is 18.2 Å². The van der Waals surface area contributed by atoms with Crippen molar-refractivity contribution >= 4 is 54.1 Å². The summed E-state index contributed by atoms with van der Waals surface area (Å²) < 4.78 is 13.2. The van der Waals surface area contributed by atoms with E-state index in [0.29, 0.717) is 18.0 Å². The lowest BCUT2D eigenvalue weighted by Crippen LogP contribution is -2.49. The molecule has 2 heterocycles. The first-order valence-corrected chi connectivity index (χ1v) is 10.4. The van der Waals surface area contributed by atoms with E-state index in [0.717, 1.165) is 49.5 Å². The zero-order valence-electron chi connectivity index (χ0n) is 15.1. The molecule has 2 aliphatic heterocycles. The minimum Gasteiger partial charge on any atom is -0.352 e. The highest BCUT2D eigenvalue weighted by Gasteiger charge is 2.23. The number of rotatable bonds is 5. The maximum Gasteiger partial charge on any atom is 0.221 e. The van der Waals surface area contributed by atoms with E-state index >= 15 is 0 Å². The second kappa shape index (κ2) is 12.3. The number of amides is 1. The summed E-state index contributed by atoms with van der Waals surface area (Å²) in [6.07, 6.45) is 2.60. The van der Waals surface area contributed by atoms with Crippen LogP contribution in [0.5, 0.6) is 0 Å². The monoisotopic (exact) mass is 457 g/mol. The molecule has 1 aromatic rings. The van der Waals surface area contributed by atoms with Gasteiger partial charge in [0, 0.05) is 54.7 Å². The third kappa shape index (κ3) is 7.95. The zero-order valence-corrected chi connectivity index (χ0v) is 18.3. The van der Waals surface area contributed by atoms with Gasteiger partial charge in [0.2, 0.25) is 5.91 Å². The lowest BCUT2D eigenvalue weighted by molar-refractivity contribution is -0.122. The molecule has 2 N–H and O–H groups in total. The highest BCUT2D eigenvalue weighted by molar-refractivity contribution is 7.99. The van der Waals surface area contributed by atoms with Gasteiger partial charge in [-0.25, -0.2) is 4.39 Å². The Hall–Kier alpha value is -0.240. The van der Waals surface area contributed by atoms with E-state index in [9.17, 15) is 9.18 Å². The lowest BCUT2D eigenvalue weighted by Gasteiger charge is -2.33. The molecular weight excluding hydrogens is 432 g/mol. The molecular formula is C18H27Cl3FN3OS. The summed E-state index contributed by atoms with van der Waals surface area (Å²) >= 11 is 8.04. The summed E-state index contributed by atoms with van der Waals surface area (Å²) in [7, 11) is 0. The van der Waals surface area contributed by atoms with E-state index in [2.05, 4.69) is 15.5 Å². The molecule has 0 saturated carbocycles. The second-order valence-electron chi connectivity index (χ2n) is 6.81. The van der Waals surface area contributed by atoms with Crippen molar-refractivity contribution in [1.82, 2.24) is 15.5 Å². The van der Waals surface area contributed by atoms with Crippen LogP contribution in [0.25, 0.3) is 0 Å². The van der Waals surface area contributed by atoms with Crippen LogP contribution in [0.2, 0.25) is 5.02 Å². The molecule has 0 aliphatic carbocycles. The largest absolute Gasteiger partial charge is 0.352 e. The van der Waals surface area contributed by atoms with Gasteiger partial charge in [0.1, 0.15) is 5.82 Å². The molecule has 2 saturated heterocycles. The van der Waals surface area contributed by atoms with Gasteiger partial charge >= 0.3 is 0 Å². The summed E-state index contributed by atoms with van der Waals surface area (Å²) in [5.41, 5.74) is 0.929. The molecule has 27 heavy (non-hydrogen) atoms. The predicted octanol–water partition coefficient (Wildman–Crippen LogP) is 3.50. The average Bonchev–Trinajstić information content (AvgIpc) is 2.58. The number of carbonyl (C=O) groups is 1. The fourth-order valence-corrected chi connectivity index (χ4v) is 4.65. The molecule has 1 amide bonds. The first-order valence-electron chi connectivity index (χ1n) is 8.87. The Morgan fingerprint density at radius 3 is 2.93 bits per heavy atom. The topological polar surface area (TPSA) is 44.4 Å². The minimum atomic E-state index is -0.313. The third-order valence-electron chi connectivity index (χ3n) is 4.71. The van der Waals surface area contributed by atoms with Crippen molar-refractivity contribution in [3.05, 3.63) is 34.6 Å². The van der Waals surface area contributed by atoms with Crippen LogP contribution in [0.1, 0.15) is 24.8 Å². The van der Waals surface area contributed by atoms with E-state index in [1.54, 1.807) is 6.07 Å². The van der Waals surface area contributed by atoms with E-state index < -0.39 is 0 Å². The van der Waals surface area contributed by atoms with Crippen LogP contribution in [-0.2, 0) is 11.3 Å². The molecule has 154 valence electrons. The molecule has 3 rings (SSSR count). The second-order valence-corrected chi connectivity index (χ2v) is 8.36. The minimum absolute atomic E-state index is 0. The molecule has 9 heteroatoms. The first kappa shape index (κ1) is 24.8. The number of hydrogen-bond acceptors (Lipinski definition) is 4. The maximum absolute atomic E-state index is 13.2. The summed E-state index contributed by atoms with van der Waals surface area (Å²) in [5, 5.41) is 7.05. The third-order valence-corrected chi connectivity index (χ3v) is 6.19. The Balaban J connectivity index is 0.00000182. The molecule has 4 nitrogen and oxygen atoms in total. The highest BCUT2D eigenvalue weighted by atomic mass is 35.5. The standard InChI is InChI=1S/C18H25ClFN3OS.2ClH/c19-17-8-14(20)4-3-13(17)10-23-6-1-2-15(11-23)22-18(24)9-16-12-25-7-5-21-16;;/h3-4,8,15-16,21H,1-2,5-7,9-12H2,(H,22,24);2*1H. The Kier molecular flexibility index (Phi) is 11.3. The summed E-state index contributed by atoms with van der Waals surface area (Å²) in [4.78, 5) is 14.6. The van der Waals surface area contributed by atoms with Gasteiger partial charge in [0.25, 0.3) is 0 Å². The quantitative estimate of drug-likeness (QED) is 0.709. The van der Waals surface area contributed by atoms with Gasteiger partial charge in [0.15, 0.2) is 0 Å². The Labute approximate surface area is 182 Å². The number of piperidine rings is 1.